The number of pyridine rings is 1. The van der Waals surface area contributed by atoms with Gasteiger partial charge < -0.3 is 10.6 Å². The number of primary amides is 1. The van der Waals surface area contributed by atoms with Crippen LogP contribution in [0.4, 0.5) is 0 Å². The quantitative estimate of drug-likeness (QED) is 0.753. The second kappa shape index (κ2) is 5.43. The van der Waals surface area contributed by atoms with E-state index in [1.165, 1.54) is 0 Å². The van der Waals surface area contributed by atoms with E-state index in [4.69, 9.17) is 5.73 Å². The third-order valence-corrected chi connectivity index (χ3v) is 2.69. The molecule has 0 aliphatic rings. The van der Waals surface area contributed by atoms with E-state index in [1.54, 1.807) is 34.8 Å². The zero-order valence-electron chi connectivity index (χ0n) is 10.4. The molecule has 5 nitrogen and oxygen atoms in total. The van der Waals surface area contributed by atoms with E-state index in [0.717, 1.165) is 0 Å². The maximum Gasteiger partial charge on any atom is 0.314 e. The van der Waals surface area contributed by atoms with Crippen LogP contribution in [0.2, 0.25) is 0 Å². The van der Waals surface area contributed by atoms with Gasteiger partial charge in [0.05, 0.1) is 0 Å². The molecule has 0 atom stereocenters. The molecule has 92 valence electrons. The molecule has 1 aromatic rings. The molecule has 17 heavy (non-hydrogen) atoms. The van der Waals surface area contributed by atoms with Crippen molar-refractivity contribution in [2.75, 3.05) is 13.1 Å². The lowest BCUT2D eigenvalue weighted by molar-refractivity contribution is -0.673. The van der Waals surface area contributed by atoms with Crippen LogP contribution in [0, 0.1) is 0 Å². The van der Waals surface area contributed by atoms with Crippen molar-refractivity contribution in [1.82, 2.24) is 4.90 Å². The topological polar surface area (TPSA) is 67.3 Å². The van der Waals surface area contributed by atoms with Crippen molar-refractivity contribution >= 4 is 11.8 Å². The standard InChI is InChI=1S/C12H17N3O2/c1-4-15(5-2)12(17)9-7-6-8-14(3)10(9)11(13)16/h6-8H,4-5H2,1-3H3,(H-,13,16)/p+1. The van der Waals surface area contributed by atoms with Gasteiger partial charge in [-0.2, -0.15) is 4.57 Å². The first-order valence-electron chi connectivity index (χ1n) is 5.60. The van der Waals surface area contributed by atoms with Crippen LogP contribution in [0.25, 0.3) is 0 Å². The van der Waals surface area contributed by atoms with Gasteiger partial charge in [-0.15, -0.1) is 0 Å². The molecule has 0 aromatic carbocycles. The summed E-state index contributed by atoms with van der Waals surface area (Å²) in [6.45, 7) is 5.00. The van der Waals surface area contributed by atoms with Crippen molar-refractivity contribution in [3.63, 3.8) is 0 Å². The molecular weight excluding hydrogens is 218 g/mol. The highest BCUT2D eigenvalue weighted by atomic mass is 16.2. The molecule has 0 bridgehead atoms. The van der Waals surface area contributed by atoms with Gasteiger partial charge in [-0.1, -0.05) is 0 Å². The van der Waals surface area contributed by atoms with Crippen LogP contribution < -0.4 is 10.3 Å². The van der Waals surface area contributed by atoms with Gasteiger partial charge >= 0.3 is 5.91 Å². The zero-order chi connectivity index (χ0) is 13.0. The summed E-state index contributed by atoms with van der Waals surface area (Å²) in [6, 6.07) is 3.35. The highest BCUT2D eigenvalue weighted by Gasteiger charge is 2.26. The average Bonchev–Trinajstić information content (AvgIpc) is 2.29. The summed E-state index contributed by atoms with van der Waals surface area (Å²) >= 11 is 0. The van der Waals surface area contributed by atoms with Crippen LogP contribution in [-0.4, -0.2) is 29.8 Å². The van der Waals surface area contributed by atoms with Gasteiger partial charge in [-0.25, -0.2) is 0 Å². The molecular formula is C12H18N3O2+. The van der Waals surface area contributed by atoms with Gasteiger partial charge in [0, 0.05) is 19.2 Å². The maximum absolute atomic E-state index is 12.2. The van der Waals surface area contributed by atoms with E-state index in [9.17, 15) is 9.59 Å². The highest BCUT2D eigenvalue weighted by Crippen LogP contribution is 2.07. The molecule has 0 aliphatic carbocycles. The number of hydrogen-bond donors (Lipinski definition) is 1. The minimum Gasteiger partial charge on any atom is -0.360 e. The first-order chi connectivity index (χ1) is 8.02. The van der Waals surface area contributed by atoms with Gasteiger partial charge in [0.25, 0.3) is 11.6 Å². The van der Waals surface area contributed by atoms with Gasteiger partial charge in [0.1, 0.15) is 12.6 Å². The molecule has 0 radical (unpaired) electrons. The fraction of sp³-hybridized carbons (Fsp3) is 0.417. The number of carbonyl (C=O) groups is 2. The lowest BCUT2D eigenvalue weighted by atomic mass is 10.1. The van der Waals surface area contributed by atoms with Crippen molar-refractivity contribution in [2.24, 2.45) is 12.8 Å². The number of carbonyl (C=O) groups excluding carboxylic acids is 2. The second-order valence-electron chi connectivity index (χ2n) is 3.72. The second-order valence-corrected chi connectivity index (χ2v) is 3.72. The molecule has 1 aromatic heterocycles. The number of aryl methyl sites for hydroxylation is 1. The Morgan fingerprint density at radius 3 is 2.41 bits per heavy atom. The fourth-order valence-corrected chi connectivity index (χ4v) is 1.77. The summed E-state index contributed by atoms with van der Waals surface area (Å²) in [7, 11) is 1.69. The van der Waals surface area contributed by atoms with Crippen LogP contribution >= 0.6 is 0 Å². The van der Waals surface area contributed by atoms with Crippen molar-refractivity contribution in [1.29, 1.82) is 0 Å². The third-order valence-electron chi connectivity index (χ3n) is 2.69. The number of hydrogen-bond acceptors (Lipinski definition) is 2. The highest BCUT2D eigenvalue weighted by molar-refractivity contribution is 6.04. The van der Waals surface area contributed by atoms with Crippen molar-refractivity contribution in [2.45, 2.75) is 13.8 Å². The SMILES string of the molecule is CCN(CC)C(=O)c1ccc[n+](C)c1C(N)=O. The Hall–Kier alpha value is -1.91. The van der Waals surface area contributed by atoms with Crippen molar-refractivity contribution < 1.29 is 14.2 Å². The molecule has 2 N–H and O–H groups in total. The van der Waals surface area contributed by atoms with E-state index in [-0.39, 0.29) is 11.6 Å². The number of aromatic nitrogens is 1. The predicted molar refractivity (Wildman–Crippen MR) is 63.4 cm³/mol. The molecule has 0 unspecified atom stereocenters. The Morgan fingerprint density at radius 1 is 1.35 bits per heavy atom. The van der Waals surface area contributed by atoms with E-state index in [1.807, 2.05) is 13.8 Å². The lowest BCUT2D eigenvalue weighted by Gasteiger charge is -2.18. The Kier molecular flexibility index (Phi) is 4.20. The monoisotopic (exact) mass is 236 g/mol. The normalized spacial score (nSPS) is 10.1. The first-order valence-corrected chi connectivity index (χ1v) is 5.60. The molecule has 0 saturated carbocycles. The number of rotatable bonds is 4. The van der Waals surface area contributed by atoms with Crippen molar-refractivity contribution in [3.05, 3.63) is 29.6 Å². The smallest absolute Gasteiger partial charge is 0.314 e. The summed E-state index contributed by atoms with van der Waals surface area (Å²) < 4.78 is 1.57. The van der Waals surface area contributed by atoms with Gasteiger partial charge in [-0.3, -0.25) is 9.59 Å². The van der Waals surface area contributed by atoms with Crippen LogP contribution in [0.1, 0.15) is 34.7 Å². The Morgan fingerprint density at radius 2 is 1.94 bits per heavy atom. The zero-order valence-corrected chi connectivity index (χ0v) is 10.4. The molecule has 2 amide bonds. The Balaban J connectivity index is 3.26. The third kappa shape index (κ3) is 2.61. The largest absolute Gasteiger partial charge is 0.360 e. The number of nitrogens with two attached hydrogens (primary N) is 1. The van der Waals surface area contributed by atoms with E-state index < -0.39 is 5.91 Å². The van der Waals surface area contributed by atoms with Gasteiger partial charge in [-0.05, 0) is 19.9 Å². The molecule has 0 aliphatic heterocycles. The summed E-state index contributed by atoms with van der Waals surface area (Å²) in [6.07, 6.45) is 1.69. The Bertz CT molecular complexity index is 439. The van der Waals surface area contributed by atoms with E-state index in [0.29, 0.717) is 18.7 Å². The molecule has 0 saturated heterocycles. The van der Waals surface area contributed by atoms with Crippen LogP contribution in [0.5, 0.6) is 0 Å². The van der Waals surface area contributed by atoms with E-state index in [2.05, 4.69) is 0 Å². The number of amides is 2. The summed E-state index contributed by atoms with van der Waals surface area (Å²) in [5.41, 5.74) is 5.90. The summed E-state index contributed by atoms with van der Waals surface area (Å²) in [4.78, 5) is 25.2. The minimum atomic E-state index is -0.594. The first kappa shape index (κ1) is 13.2. The predicted octanol–water partition coefficient (Wildman–Crippen LogP) is 0.0920. The molecule has 0 fully saturated rings. The minimum absolute atomic E-state index is 0.167. The van der Waals surface area contributed by atoms with Crippen LogP contribution in [-0.2, 0) is 7.05 Å². The maximum atomic E-state index is 12.2. The lowest BCUT2D eigenvalue weighted by Crippen LogP contribution is -2.42. The molecule has 1 rings (SSSR count). The van der Waals surface area contributed by atoms with Crippen molar-refractivity contribution in [3.8, 4) is 0 Å². The average molecular weight is 236 g/mol. The molecule has 0 spiro atoms. The Labute approximate surface area is 101 Å². The fourth-order valence-electron chi connectivity index (χ4n) is 1.77. The van der Waals surface area contributed by atoms with Crippen LogP contribution in [0.15, 0.2) is 18.3 Å². The molecule has 1 heterocycles. The van der Waals surface area contributed by atoms with E-state index >= 15 is 0 Å². The number of nitrogens with zero attached hydrogens (tertiary/aromatic N) is 2. The summed E-state index contributed by atoms with van der Waals surface area (Å²) in [5, 5.41) is 0. The summed E-state index contributed by atoms with van der Waals surface area (Å²) in [5.74, 6) is -0.761. The van der Waals surface area contributed by atoms with Gasteiger partial charge in [0.2, 0.25) is 0 Å². The van der Waals surface area contributed by atoms with Crippen LogP contribution in [0.3, 0.4) is 0 Å². The van der Waals surface area contributed by atoms with Gasteiger partial charge in [0.15, 0.2) is 6.20 Å². The molecule has 5 heteroatoms.